The molecule has 0 radical (unpaired) electrons. The average Bonchev–Trinajstić information content (AvgIpc) is 1.87. The fourth-order valence-electron chi connectivity index (χ4n) is 0.604. The number of nitrogens with two attached hydrogens (primary N) is 2. The van der Waals surface area contributed by atoms with Crippen LogP contribution in [0, 0.1) is 0 Å². The van der Waals surface area contributed by atoms with Crippen LogP contribution in [0.2, 0.25) is 0 Å². The van der Waals surface area contributed by atoms with Crippen molar-refractivity contribution in [2.24, 2.45) is 11.5 Å². The second kappa shape index (κ2) is 7.28. The standard InChI is InChI=1S/C6H17N3.ClH/c1-6(5-8)9(2)4-3-7;/h6H,3-5,7-8H2,1-2H3;1H. The molecule has 0 bridgehead atoms. The smallest absolute Gasteiger partial charge is 0.0187 e. The monoisotopic (exact) mass is 167 g/mol. The number of hydrogen-bond acceptors (Lipinski definition) is 3. The second-order valence-corrected chi connectivity index (χ2v) is 2.35. The van der Waals surface area contributed by atoms with Crippen molar-refractivity contribution < 1.29 is 0 Å². The first kappa shape index (κ1) is 12.8. The van der Waals surface area contributed by atoms with Crippen LogP contribution < -0.4 is 11.5 Å². The van der Waals surface area contributed by atoms with Gasteiger partial charge < -0.3 is 16.4 Å². The topological polar surface area (TPSA) is 55.3 Å². The molecule has 0 aromatic carbocycles. The van der Waals surface area contributed by atoms with Crippen molar-refractivity contribution in [3.8, 4) is 0 Å². The summed E-state index contributed by atoms with van der Waals surface area (Å²) in [6.07, 6.45) is 0. The van der Waals surface area contributed by atoms with Crippen LogP contribution >= 0.6 is 12.4 Å². The maximum atomic E-state index is 5.42. The molecule has 0 rings (SSSR count). The molecule has 0 aliphatic carbocycles. The third-order valence-corrected chi connectivity index (χ3v) is 1.58. The van der Waals surface area contributed by atoms with Crippen LogP contribution in [0.1, 0.15) is 6.92 Å². The lowest BCUT2D eigenvalue weighted by Gasteiger charge is -2.21. The molecule has 0 aliphatic rings. The lowest BCUT2D eigenvalue weighted by Crippen LogP contribution is -2.38. The molecule has 0 fully saturated rings. The van der Waals surface area contributed by atoms with Gasteiger partial charge in [-0.2, -0.15) is 0 Å². The third-order valence-electron chi connectivity index (χ3n) is 1.58. The van der Waals surface area contributed by atoms with Gasteiger partial charge in [0.15, 0.2) is 0 Å². The highest BCUT2D eigenvalue weighted by atomic mass is 35.5. The van der Waals surface area contributed by atoms with Crippen molar-refractivity contribution in [2.75, 3.05) is 26.7 Å². The molecular formula is C6H18ClN3. The van der Waals surface area contributed by atoms with Crippen molar-refractivity contribution in [1.29, 1.82) is 0 Å². The minimum Gasteiger partial charge on any atom is -0.329 e. The Morgan fingerprint density at radius 1 is 1.40 bits per heavy atom. The van der Waals surface area contributed by atoms with Crippen LogP contribution in [0.4, 0.5) is 0 Å². The molecule has 0 amide bonds. The van der Waals surface area contributed by atoms with E-state index in [2.05, 4.69) is 11.8 Å². The quantitative estimate of drug-likeness (QED) is 0.602. The molecule has 0 saturated heterocycles. The molecule has 0 heterocycles. The van der Waals surface area contributed by atoms with Gasteiger partial charge in [-0.05, 0) is 14.0 Å². The minimum absolute atomic E-state index is 0. The van der Waals surface area contributed by atoms with Gasteiger partial charge in [0.1, 0.15) is 0 Å². The summed E-state index contributed by atoms with van der Waals surface area (Å²) in [4.78, 5) is 2.15. The number of hydrogen-bond donors (Lipinski definition) is 2. The van der Waals surface area contributed by atoms with Gasteiger partial charge in [-0.1, -0.05) is 0 Å². The van der Waals surface area contributed by atoms with E-state index in [-0.39, 0.29) is 12.4 Å². The van der Waals surface area contributed by atoms with E-state index in [4.69, 9.17) is 11.5 Å². The van der Waals surface area contributed by atoms with Crippen LogP contribution in [-0.4, -0.2) is 37.6 Å². The number of likely N-dealkylation sites (N-methyl/N-ethyl adjacent to an activating group) is 1. The van der Waals surface area contributed by atoms with E-state index >= 15 is 0 Å². The molecule has 4 heteroatoms. The summed E-state index contributed by atoms with van der Waals surface area (Å²) in [7, 11) is 2.03. The first-order chi connectivity index (χ1) is 4.22. The van der Waals surface area contributed by atoms with Gasteiger partial charge in [0, 0.05) is 25.7 Å². The van der Waals surface area contributed by atoms with Gasteiger partial charge in [-0.3, -0.25) is 0 Å². The number of nitrogens with zero attached hydrogens (tertiary/aromatic N) is 1. The van der Waals surface area contributed by atoms with Crippen molar-refractivity contribution in [2.45, 2.75) is 13.0 Å². The first-order valence-corrected chi connectivity index (χ1v) is 3.32. The maximum Gasteiger partial charge on any atom is 0.0187 e. The summed E-state index contributed by atoms with van der Waals surface area (Å²) in [5.74, 6) is 0. The van der Waals surface area contributed by atoms with E-state index in [9.17, 15) is 0 Å². The van der Waals surface area contributed by atoms with E-state index in [1.165, 1.54) is 0 Å². The van der Waals surface area contributed by atoms with E-state index in [0.717, 1.165) is 6.54 Å². The third kappa shape index (κ3) is 4.99. The van der Waals surface area contributed by atoms with Gasteiger partial charge >= 0.3 is 0 Å². The summed E-state index contributed by atoms with van der Waals surface area (Å²) >= 11 is 0. The molecule has 0 aliphatic heterocycles. The van der Waals surface area contributed by atoms with Crippen molar-refractivity contribution >= 4 is 12.4 Å². The van der Waals surface area contributed by atoms with Gasteiger partial charge in [-0.15, -0.1) is 12.4 Å². The normalized spacial score (nSPS) is 12.9. The Morgan fingerprint density at radius 3 is 2.20 bits per heavy atom. The zero-order valence-corrected chi connectivity index (χ0v) is 7.53. The Balaban J connectivity index is 0. The summed E-state index contributed by atoms with van der Waals surface area (Å²) in [5.41, 5.74) is 10.8. The zero-order chi connectivity index (χ0) is 7.28. The molecule has 3 nitrogen and oxygen atoms in total. The molecule has 64 valence electrons. The predicted molar refractivity (Wildman–Crippen MR) is 47.4 cm³/mol. The molecule has 1 atom stereocenters. The number of rotatable bonds is 4. The molecule has 10 heavy (non-hydrogen) atoms. The number of halogens is 1. The van der Waals surface area contributed by atoms with Gasteiger partial charge in [0.2, 0.25) is 0 Å². The Morgan fingerprint density at radius 2 is 1.90 bits per heavy atom. The van der Waals surface area contributed by atoms with Crippen LogP contribution in [0.15, 0.2) is 0 Å². The molecule has 0 aromatic heterocycles. The average molecular weight is 168 g/mol. The molecular weight excluding hydrogens is 150 g/mol. The predicted octanol–water partition coefficient (Wildman–Crippen LogP) is -0.354. The lowest BCUT2D eigenvalue weighted by molar-refractivity contribution is 0.270. The molecule has 0 saturated carbocycles. The van der Waals surface area contributed by atoms with Gasteiger partial charge in [0.25, 0.3) is 0 Å². The lowest BCUT2D eigenvalue weighted by atomic mass is 10.3. The Labute approximate surface area is 69.2 Å². The maximum absolute atomic E-state index is 5.42. The Hall–Kier alpha value is 0.170. The first-order valence-electron chi connectivity index (χ1n) is 3.32. The van der Waals surface area contributed by atoms with E-state index in [1.54, 1.807) is 0 Å². The SMILES string of the molecule is CC(CN)N(C)CCN.Cl. The van der Waals surface area contributed by atoms with Crippen molar-refractivity contribution in [1.82, 2.24) is 4.90 Å². The summed E-state index contributed by atoms with van der Waals surface area (Å²) < 4.78 is 0. The summed E-state index contributed by atoms with van der Waals surface area (Å²) in [6.45, 7) is 4.44. The van der Waals surface area contributed by atoms with Crippen molar-refractivity contribution in [3.05, 3.63) is 0 Å². The highest BCUT2D eigenvalue weighted by molar-refractivity contribution is 5.85. The van der Waals surface area contributed by atoms with Crippen molar-refractivity contribution in [3.63, 3.8) is 0 Å². The molecule has 1 unspecified atom stereocenters. The fourth-order valence-corrected chi connectivity index (χ4v) is 0.604. The molecule has 0 spiro atoms. The molecule has 0 aromatic rings. The second-order valence-electron chi connectivity index (χ2n) is 2.35. The van der Waals surface area contributed by atoms with Gasteiger partial charge in [0.05, 0.1) is 0 Å². The van der Waals surface area contributed by atoms with Crippen LogP contribution in [-0.2, 0) is 0 Å². The Kier molecular flexibility index (Phi) is 9.33. The molecule has 4 N–H and O–H groups in total. The van der Waals surface area contributed by atoms with Crippen LogP contribution in [0.3, 0.4) is 0 Å². The van der Waals surface area contributed by atoms with E-state index in [0.29, 0.717) is 19.1 Å². The van der Waals surface area contributed by atoms with E-state index < -0.39 is 0 Å². The van der Waals surface area contributed by atoms with Crippen LogP contribution in [0.5, 0.6) is 0 Å². The fraction of sp³-hybridized carbons (Fsp3) is 1.00. The highest BCUT2D eigenvalue weighted by Gasteiger charge is 2.03. The van der Waals surface area contributed by atoms with E-state index in [1.807, 2.05) is 7.05 Å². The minimum atomic E-state index is 0. The summed E-state index contributed by atoms with van der Waals surface area (Å²) in [6, 6.07) is 0.452. The zero-order valence-electron chi connectivity index (χ0n) is 6.71. The van der Waals surface area contributed by atoms with Gasteiger partial charge in [-0.25, -0.2) is 0 Å². The van der Waals surface area contributed by atoms with Crippen LogP contribution in [0.25, 0.3) is 0 Å². The summed E-state index contributed by atoms with van der Waals surface area (Å²) in [5, 5.41) is 0. The largest absolute Gasteiger partial charge is 0.329 e. The Bertz CT molecular complexity index is 70.0. The highest BCUT2D eigenvalue weighted by Crippen LogP contribution is 1.89.